The molecule has 8 heteroatoms. The number of ether oxygens (including phenoxy) is 1. The Hall–Kier alpha value is -2.64. The van der Waals surface area contributed by atoms with Crippen molar-refractivity contribution >= 4 is 11.9 Å². The number of aromatic amines is 1. The minimum absolute atomic E-state index is 0.0290. The monoisotopic (exact) mass is 288 g/mol. The van der Waals surface area contributed by atoms with Crippen molar-refractivity contribution in [3.8, 4) is 5.88 Å². The Morgan fingerprint density at radius 1 is 1.33 bits per heavy atom. The Morgan fingerprint density at radius 3 is 2.81 bits per heavy atom. The highest BCUT2D eigenvalue weighted by atomic mass is 16.5. The normalized spacial score (nSPS) is 15.1. The van der Waals surface area contributed by atoms with Gasteiger partial charge in [0.15, 0.2) is 0 Å². The van der Waals surface area contributed by atoms with E-state index in [1.54, 1.807) is 30.5 Å². The summed E-state index contributed by atoms with van der Waals surface area (Å²) in [7, 11) is 1.58. The minimum Gasteiger partial charge on any atom is -0.481 e. The SMILES string of the molecule is COc1ccnc(N2CCN(C(=O)c3cnc[nH]3)CC2)n1. The van der Waals surface area contributed by atoms with Gasteiger partial charge in [-0.05, 0) is 0 Å². The largest absolute Gasteiger partial charge is 0.481 e. The maximum atomic E-state index is 12.2. The van der Waals surface area contributed by atoms with E-state index < -0.39 is 0 Å². The second kappa shape index (κ2) is 5.78. The summed E-state index contributed by atoms with van der Waals surface area (Å²) in [6, 6.07) is 1.71. The van der Waals surface area contributed by atoms with Crippen LogP contribution in [0.1, 0.15) is 10.5 Å². The van der Waals surface area contributed by atoms with Gasteiger partial charge in [0.1, 0.15) is 5.69 Å². The first-order chi connectivity index (χ1) is 10.3. The van der Waals surface area contributed by atoms with Crippen LogP contribution in [0.4, 0.5) is 5.95 Å². The van der Waals surface area contributed by atoms with Crippen molar-refractivity contribution < 1.29 is 9.53 Å². The van der Waals surface area contributed by atoms with Gasteiger partial charge in [0, 0.05) is 38.4 Å². The average Bonchev–Trinajstić information content (AvgIpc) is 3.09. The Kier molecular flexibility index (Phi) is 3.67. The number of anilines is 1. The summed E-state index contributed by atoms with van der Waals surface area (Å²) in [6.07, 6.45) is 4.72. The van der Waals surface area contributed by atoms with Crippen LogP contribution in [-0.2, 0) is 0 Å². The maximum absolute atomic E-state index is 12.2. The van der Waals surface area contributed by atoms with E-state index in [0.717, 1.165) is 0 Å². The van der Waals surface area contributed by atoms with E-state index in [4.69, 9.17) is 4.74 Å². The summed E-state index contributed by atoms with van der Waals surface area (Å²) in [4.78, 5) is 31.3. The summed E-state index contributed by atoms with van der Waals surface area (Å²) < 4.78 is 5.10. The number of hydrogen-bond acceptors (Lipinski definition) is 6. The summed E-state index contributed by atoms with van der Waals surface area (Å²) in [5.41, 5.74) is 0.515. The Bertz CT molecular complexity index is 607. The van der Waals surface area contributed by atoms with Crippen LogP contribution in [0, 0.1) is 0 Å². The molecule has 0 atom stereocenters. The van der Waals surface area contributed by atoms with Gasteiger partial charge in [-0.1, -0.05) is 0 Å². The van der Waals surface area contributed by atoms with Crippen molar-refractivity contribution in [2.24, 2.45) is 0 Å². The zero-order valence-electron chi connectivity index (χ0n) is 11.7. The van der Waals surface area contributed by atoms with Gasteiger partial charge >= 0.3 is 0 Å². The number of methoxy groups -OCH3 is 1. The number of carbonyl (C=O) groups excluding carboxylic acids is 1. The molecule has 1 fully saturated rings. The third-order valence-corrected chi connectivity index (χ3v) is 3.40. The molecular weight excluding hydrogens is 272 g/mol. The molecule has 0 unspecified atom stereocenters. The zero-order chi connectivity index (χ0) is 14.7. The van der Waals surface area contributed by atoms with Gasteiger partial charge in [0.05, 0.1) is 19.6 Å². The summed E-state index contributed by atoms with van der Waals surface area (Å²) in [5.74, 6) is 1.14. The lowest BCUT2D eigenvalue weighted by Crippen LogP contribution is -2.49. The number of aromatic nitrogens is 4. The molecule has 2 aromatic heterocycles. The highest BCUT2D eigenvalue weighted by molar-refractivity contribution is 5.92. The molecule has 0 aliphatic carbocycles. The van der Waals surface area contributed by atoms with Crippen LogP contribution in [0.5, 0.6) is 5.88 Å². The maximum Gasteiger partial charge on any atom is 0.272 e. The molecule has 0 radical (unpaired) electrons. The van der Waals surface area contributed by atoms with Crippen LogP contribution >= 0.6 is 0 Å². The molecule has 1 aliphatic rings. The fraction of sp³-hybridized carbons (Fsp3) is 0.385. The predicted molar refractivity (Wildman–Crippen MR) is 75.3 cm³/mol. The minimum atomic E-state index is -0.0290. The second-order valence-electron chi connectivity index (χ2n) is 4.64. The lowest BCUT2D eigenvalue weighted by atomic mass is 10.3. The second-order valence-corrected chi connectivity index (χ2v) is 4.64. The first kappa shape index (κ1) is 13.3. The number of nitrogens with one attached hydrogen (secondary N) is 1. The van der Waals surface area contributed by atoms with Crippen LogP contribution < -0.4 is 9.64 Å². The van der Waals surface area contributed by atoms with Crippen molar-refractivity contribution in [1.82, 2.24) is 24.8 Å². The van der Waals surface area contributed by atoms with E-state index in [0.29, 0.717) is 43.7 Å². The molecule has 1 saturated heterocycles. The van der Waals surface area contributed by atoms with Crippen molar-refractivity contribution in [3.05, 3.63) is 30.5 Å². The standard InChI is InChI=1S/C13H16N6O2/c1-21-11-2-3-15-13(17-11)19-6-4-18(5-7-19)12(20)10-8-14-9-16-10/h2-3,8-9H,4-7H2,1H3,(H,14,16). The lowest BCUT2D eigenvalue weighted by molar-refractivity contribution is 0.0741. The molecule has 8 nitrogen and oxygen atoms in total. The predicted octanol–water partition coefficient (Wildman–Crippen LogP) is 0.171. The molecule has 0 aromatic carbocycles. The third-order valence-electron chi connectivity index (χ3n) is 3.40. The molecule has 1 aliphatic heterocycles. The average molecular weight is 288 g/mol. The quantitative estimate of drug-likeness (QED) is 0.866. The number of H-pyrrole nitrogens is 1. The van der Waals surface area contributed by atoms with Crippen molar-refractivity contribution in [2.45, 2.75) is 0 Å². The first-order valence-electron chi connectivity index (χ1n) is 6.67. The van der Waals surface area contributed by atoms with Crippen LogP contribution in [0.15, 0.2) is 24.8 Å². The first-order valence-corrected chi connectivity index (χ1v) is 6.67. The molecule has 2 aromatic rings. The van der Waals surface area contributed by atoms with E-state index in [9.17, 15) is 4.79 Å². The third kappa shape index (κ3) is 2.78. The number of rotatable bonds is 3. The van der Waals surface area contributed by atoms with Gasteiger partial charge in [-0.25, -0.2) is 9.97 Å². The topological polar surface area (TPSA) is 87.2 Å². The smallest absolute Gasteiger partial charge is 0.272 e. The van der Waals surface area contributed by atoms with E-state index in [2.05, 4.69) is 19.9 Å². The van der Waals surface area contributed by atoms with Gasteiger partial charge in [0.2, 0.25) is 11.8 Å². The van der Waals surface area contributed by atoms with Gasteiger partial charge < -0.3 is 19.5 Å². The molecule has 21 heavy (non-hydrogen) atoms. The molecule has 0 spiro atoms. The van der Waals surface area contributed by atoms with Gasteiger partial charge in [-0.3, -0.25) is 4.79 Å². The number of carbonyl (C=O) groups is 1. The summed E-state index contributed by atoms with van der Waals surface area (Å²) >= 11 is 0. The van der Waals surface area contributed by atoms with E-state index in [-0.39, 0.29) is 5.91 Å². The van der Waals surface area contributed by atoms with Crippen LogP contribution in [0.25, 0.3) is 0 Å². The fourth-order valence-electron chi connectivity index (χ4n) is 2.25. The van der Waals surface area contributed by atoms with Gasteiger partial charge in [-0.2, -0.15) is 4.98 Å². The number of imidazole rings is 1. The summed E-state index contributed by atoms with van der Waals surface area (Å²) in [5, 5.41) is 0. The summed E-state index contributed by atoms with van der Waals surface area (Å²) in [6.45, 7) is 2.62. The van der Waals surface area contributed by atoms with Crippen LogP contribution in [0.2, 0.25) is 0 Å². The van der Waals surface area contributed by atoms with Gasteiger partial charge in [-0.15, -0.1) is 0 Å². The molecular formula is C13H16N6O2. The number of amides is 1. The molecule has 1 amide bonds. The Morgan fingerprint density at radius 2 is 2.14 bits per heavy atom. The van der Waals surface area contributed by atoms with E-state index in [1.807, 2.05) is 4.90 Å². The van der Waals surface area contributed by atoms with E-state index >= 15 is 0 Å². The number of nitrogens with zero attached hydrogens (tertiary/aromatic N) is 5. The van der Waals surface area contributed by atoms with Crippen LogP contribution in [0.3, 0.4) is 0 Å². The molecule has 3 rings (SSSR count). The van der Waals surface area contributed by atoms with E-state index in [1.165, 1.54) is 6.33 Å². The molecule has 0 saturated carbocycles. The molecule has 0 bridgehead atoms. The Balaban J connectivity index is 1.63. The Labute approximate surface area is 121 Å². The van der Waals surface area contributed by atoms with Gasteiger partial charge in [0.25, 0.3) is 5.91 Å². The van der Waals surface area contributed by atoms with Crippen molar-refractivity contribution in [3.63, 3.8) is 0 Å². The molecule has 1 N–H and O–H groups in total. The highest BCUT2D eigenvalue weighted by Crippen LogP contribution is 2.15. The van der Waals surface area contributed by atoms with Crippen LogP contribution in [-0.4, -0.2) is 64.0 Å². The fourth-order valence-corrected chi connectivity index (χ4v) is 2.25. The van der Waals surface area contributed by atoms with Crippen molar-refractivity contribution in [2.75, 3.05) is 38.2 Å². The molecule has 110 valence electrons. The zero-order valence-corrected chi connectivity index (χ0v) is 11.7. The number of piperazine rings is 1. The highest BCUT2D eigenvalue weighted by Gasteiger charge is 2.24. The number of hydrogen-bond donors (Lipinski definition) is 1. The van der Waals surface area contributed by atoms with Crippen molar-refractivity contribution in [1.29, 1.82) is 0 Å². The lowest BCUT2D eigenvalue weighted by Gasteiger charge is -2.34. The molecule has 3 heterocycles.